The van der Waals surface area contributed by atoms with E-state index in [0.717, 1.165) is 19.4 Å². The fourth-order valence-electron chi connectivity index (χ4n) is 1.91. The van der Waals surface area contributed by atoms with Gasteiger partial charge in [0.05, 0.1) is 5.75 Å². The van der Waals surface area contributed by atoms with E-state index in [9.17, 15) is 8.42 Å². The van der Waals surface area contributed by atoms with Crippen LogP contribution in [0.25, 0.3) is 0 Å². The summed E-state index contributed by atoms with van der Waals surface area (Å²) in [5.74, 6) is 1.65. The van der Waals surface area contributed by atoms with Crippen molar-refractivity contribution in [3.8, 4) is 0 Å². The molecule has 0 aromatic carbocycles. The smallest absolute Gasteiger partial charge is 0.150 e. The second-order valence-corrected chi connectivity index (χ2v) is 9.12. The van der Waals surface area contributed by atoms with Gasteiger partial charge in [-0.1, -0.05) is 20.8 Å². The molecule has 3 nitrogen and oxygen atoms in total. The molecule has 0 bridgehead atoms. The molecule has 0 aromatic rings. The maximum atomic E-state index is 11.6. The summed E-state index contributed by atoms with van der Waals surface area (Å²) in [6.45, 7) is 13.4. The maximum Gasteiger partial charge on any atom is 0.150 e. The first-order valence-electron chi connectivity index (χ1n) is 7.01. The van der Waals surface area contributed by atoms with Gasteiger partial charge in [0.25, 0.3) is 0 Å². The van der Waals surface area contributed by atoms with E-state index >= 15 is 0 Å². The van der Waals surface area contributed by atoms with E-state index in [4.69, 9.17) is 0 Å². The molecule has 0 aromatic heterocycles. The minimum Gasteiger partial charge on any atom is -0.312 e. The first-order valence-corrected chi connectivity index (χ1v) is 8.83. The Morgan fingerprint density at radius 1 is 1.17 bits per heavy atom. The predicted molar refractivity (Wildman–Crippen MR) is 79.6 cm³/mol. The molecule has 0 aliphatic heterocycles. The van der Waals surface area contributed by atoms with E-state index in [0.29, 0.717) is 17.6 Å². The van der Waals surface area contributed by atoms with Crippen LogP contribution in [0.3, 0.4) is 0 Å². The summed E-state index contributed by atoms with van der Waals surface area (Å²) in [4.78, 5) is 0. The topological polar surface area (TPSA) is 46.2 Å². The maximum absolute atomic E-state index is 11.6. The first kappa shape index (κ1) is 17.9. The average molecular weight is 277 g/mol. The molecule has 4 heteroatoms. The van der Waals surface area contributed by atoms with Gasteiger partial charge in [-0.2, -0.15) is 0 Å². The van der Waals surface area contributed by atoms with Gasteiger partial charge in [-0.25, -0.2) is 8.42 Å². The van der Waals surface area contributed by atoms with Gasteiger partial charge in [-0.15, -0.1) is 0 Å². The van der Waals surface area contributed by atoms with E-state index in [2.05, 4.69) is 39.9 Å². The molecule has 1 N–H and O–H groups in total. The highest BCUT2D eigenvalue weighted by Gasteiger charge is 2.18. The Hall–Kier alpha value is -0.0900. The number of rotatable bonds is 8. The zero-order chi connectivity index (χ0) is 14.4. The van der Waals surface area contributed by atoms with Crippen molar-refractivity contribution in [1.29, 1.82) is 0 Å². The summed E-state index contributed by atoms with van der Waals surface area (Å²) in [6.07, 6.45) is 1.86. The van der Waals surface area contributed by atoms with Gasteiger partial charge < -0.3 is 5.32 Å². The Balaban J connectivity index is 4.32. The molecular formula is C14H31NO2S. The minimum absolute atomic E-state index is 0.0961. The average Bonchev–Trinajstić information content (AvgIpc) is 2.20. The summed E-state index contributed by atoms with van der Waals surface area (Å²) < 4.78 is 23.1. The molecule has 1 unspecified atom stereocenters. The lowest BCUT2D eigenvalue weighted by Gasteiger charge is -2.26. The number of hydrogen-bond donors (Lipinski definition) is 1. The Kier molecular flexibility index (Phi) is 7.45. The number of hydrogen-bond acceptors (Lipinski definition) is 3. The second kappa shape index (κ2) is 7.49. The predicted octanol–water partition coefficient (Wildman–Crippen LogP) is 2.86. The third-order valence-corrected chi connectivity index (χ3v) is 4.74. The quantitative estimate of drug-likeness (QED) is 0.742. The number of sulfone groups is 1. The molecule has 0 spiro atoms. The van der Waals surface area contributed by atoms with Gasteiger partial charge in [-0.3, -0.25) is 0 Å². The minimum atomic E-state index is -2.83. The Morgan fingerprint density at radius 3 is 2.11 bits per heavy atom. The van der Waals surface area contributed by atoms with Crippen LogP contribution < -0.4 is 5.32 Å². The molecule has 0 aliphatic carbocycles. The molecule has 18 heavy (non-hydrogen) atoms. The van der Waals surface area contributed by atoms with Crippen LogP contribution in [0.2, 0.25) is 0 Å². The van der Waals surface area contributed by atoms with Crippen LogP contribution in [0.4, 0.5) is 0 Å². The zero-order valence-electron chi connectivity index (χ0n) is 12.9. The summed E-state index contributed by atoms with van der Waals surface area (Å²) in [6, 6.07) is 0. The monoisotopic (exact) mass is 277 g/mol. The van der Waals surface area contributed by atoms with Crippen molar-refractivity contribution >= 4 is 9.84 Å². The van der Waals surface area contributed by atoms with Gasteiger partial charge in [0.2, 0.25) is 0 Å². The third-order valence-electron chi connectivity index (χ3n) is 3.00. The molecule has 0 saturated heterocycles. The van der Waals surface area contributed by atoms with Crippen LogP contribution in [0.5, 0.6) is 0 Å². The van der Waals surface area contributed by atoms with E-state index in [1.54, 1.807) is 6.92 Å². The van der Waals surface area contributed by atoms with Crippen LogP contribution in [0, 0.1) is 11.8 Å². The fourth-order valence-corrected chi connectivity index (χ4v) is 2.89. The second-order valence-electron chi connectivity index (χ2n) is 6.65. The Bertz CT molecular complexity index is 315. The molecule has 110 valence electrons. The molecule has 0 aliphatic rings. The van der Waals surface area contributed by atoms with E-state index in [-0.39, 0.29) is 11.3 Å². The van der Waals surface area contributed by atoms with E-state index < -0.39 is 9.84 Å². The molecular weight excluding hydrogens is 246 g/mol. The normalized spacial score (nSPS) is 15.1. The Labute approximate surface area is 114 Å². The van der Waals surface area contributed by atoms with E-state index in [1.807, 2.05) is 0 Å². The lowest BCUT2D eigenvalue weighted by Crippen LogP contribution is -2.39. The molecule has 0 rings (SSSR count). The van der Waals surface area contributed by atoms with Crippen LogP contribution in [-0.4, -0.2) is 32.0 Å². The van der Waals surface area contributed by atoms with Crippen molar-refractivity contribution in [2.45, 2.75) is 59.9 Å². The SMILES string of the molecule is CCS(=O)(=O)CCC(CNC(C)(C)C)CC(C)C. The molecule has 0 heterocycles. The van der Waals surface area contributed by atoms with Crippen molar-refractivity contribution in [2.24, 2.45) is 11.8 Å². The Morgan fingerprint density at radius 2 is 1.72 bits per heavy atom. The fraction of sp³-hybridized carbons (Fsp3) is 1.00. The molecule has 0 radical (unpaired) electrons. The van der Waals surface area contributed by atoms with Crippen LogP contribution in [0.1, 0.15) is 54.4 Å². The van der Waals surface area contributed by atoms with Gasteiger partial charge in [0.1, 0.15) is 9.84 Å². The van der Waals surface area contributed by atoms with Crippen LogP contribution in [0.15, 0.2) is 0 Å². The molecule has 0 saturated carbocycles. The lowest BCUT2D eigenvalue weighted by atomic mass is 9.94. The number of nitrogens with one attached hydrogen (secondary N) is 1. The van der Waals surface area contributed by atoms with Crippen molar-refractivity contribution in [2.75, 3.05) is 18.1 Å². The third kappa shape index (κ3) is 9.89. The molecule has 0 amide bonds. The molecule has 1 atom stereocenters. The van der Waals surface area contributed by atoms with Crippen molar-refractivity contribution in [3.63, 3.8) is 0 Å². The van der Waals surface area contributed by atoms with Crippen LogP contribution >= 0.6 is 0 Å². The van der Waals surface area contributed by atoms with Gasteiger partial charge >= 0.3 is 0 Å². The lowest BCUT2D eigenvalue weighted by molar-refractivity contribution is 0.327. The zero-order valence-corrected chi connectivity index (χ0v) is 13.7. The van der Waals surface area contributed by atoms with Gasteiger partial charge in [0.15, 0.2) is 0 Å². The standard InChI is InChI=1S/C14H31NO2S/c1-7-18(16,17)9-8-13(10-12(2)3)11-15-14(4,5)6/h12-13,15H,7-11H2,1-6H3. The summed E-state index contributed by atoms with van der Waals surface area (Å²) in [5.41, 5.74) is 0.0961. The van der Waals surface area contributed by atoms with Crippen molar-refractivity contribution < 1.29 is 8.42 Å². The van der Waals surface area contributed by atoms with E-state index in [1.165, 1.54) is 0 Å². The highest BCUT2D eigenvalue weighted by Crippen LogP contribution is 2.17. The first-order chi connectivity index (χ1) is 8.06. The van der Waals surface area contributed by atoms with Crippen molar-refractivity contribution in [1.82, 2.24) is 5.32 Å². The summed E-state index contributed by atoms with van der Waals surface area (Å²) in [7, 11) is -2.83. The highest BCUT2D eigenvalue weighted by atomic mass is 32.2. The molecule has 0 fully saturated rings. The largest absolute Gasteiger partial charge is 0.312 e. The van der Waals surface area contributed by atoms with Gasteiger partial charge in [0, 0.05) is 11.3 Å². The highest BCUT2D eigenvalue weighted by molar-refractivity contribution is 7.91. The summed E-state index contributed by atoms with van der Waals surface area (Å²) >= 11 is 0. The van der Waals surface area contributed by atoms with Crippen LogP contribution in [-0.2, 0) is 9.84 Å². The van der Waals surface area contributed by atoms with Gasteiger partial charge in [-0.05, 0) is 52.0 Å². The summed E-state index contributed by atoms with van der Waals surface area (Å²) in [5, 5.41) is 3.49. The van der Waals surface area contributed by atoms with Crippen molar-refractivity contribution in [3.05, 3.63) is 0 Å².